The van der Waals surface area contributed by atoms with Crippen molar-refractivity contribution in [3.63, 3.8) is 0 Å². The van der Waals surface area contributed by atoms with Gasteiger partial charge in [-0.05, 0) is 19.3 Å². The normalized spacial score (nSPS) is 18.0. The number of terminal acetylenes is 1. The van der Waals surface area contributed by atoms with E-state index in [4.69, 9.17) is 12.2 Å². The van der Waals surface area contributed by atoms with Crippen LogP contribution in [0.25, 0.3) is 0 Å². The van der Waals surface area contributed by atoms with Crippen LogP contribution in [0.4, 0.5) is 0 Å². The van der Waals surface area contributed by atoms with Crippen LogP contribution in [0, 0.1) is 17.8 Å². The second-order valence-electron chi connectivity index (χ2n) is 3.90. The smallest absolute Gasteiger partial charge is 0.227 e. The third-order valence-electron chi connectivity index (χ3n) is 2.97. The maximum absolute atomic E-state index is 11.7. The molecular formula is C11H18N2O. The molecule has 0 heterocycles. The van der Waals surface area contributed by atoms with Gasteiger partial charge in [0, 0.05) is 19.5 Å². The average Bonchev–Trinajstić information content (AvgIpc) is 2.12. The quantitative estimate of drug-likeness (QED) is 0.498. The summed E-state index contributed by atoms with van der Waals surface area (Å²) in [5, 5.41) is 2.90. The molecule has 0 spiro atoms. The highest BCUT2D eigenvalue weighted by atomic mass is 16.2. The van der Waals surface area contributed by atoms with Crippen molar-refractivity contribution in [3.8, 4) is 12.3 Å². The molecule has 0 aromatic heterocycles. The lowest BCUT2D eigenvalue weighted by molar-refractivity contribution is -0.135. The molecule has 0 bridgehead atoms. The van der Waals surface area contributed by atoms with Gasteiger partial charge in [0.15, 0.2) is 0 Å². The predicted molar refractivity (Wildman–Crippen MR) is 56.4 cm³/mol. The Morgan fingerprint density at radius 1 is 1.57 bits per heavy atom. The van der Waals surface area contributed by atoms with Crippen LogP contribution in [0.1, 0.15) is 32.1 Å². The minimum atomic E-state index is -0.254. The molecule has 1 aliphatic carbocycles. The maximum Gasteiger partial charge on any atom is 0.227 e. The van der Waals surface area contributed by atoms with Crippen LogP contribution < -0.4 is 11.1 Å². The number of nitrogens with two attached hydrogens (primary N) is 1. The summed E-state index contributed by atoms with van der Waals surface area (Å²) >= 11 is 0. The molecule has 0 aromatic carbocycles. The van der Waals surface area contributed by atoms with E-state index in [1.165, 1.54) is 0 Å². The lowest BCUT2D eigenvalue weighted by atomic mass is 9.68. The molecule has 0 radical (unpaired) electrons. The highest BCUT2D eigenvalue weighted by Gasteiger charge is 2.42. The molecule has 1 aliphatic rings. The third kappa shape index (κ3) is 2.27. The number of amides is 1. The third-order valence-corrected chi connectivity index (χ3v) is 2.97. The molecule has 1 saturated carbocycles. The van der Waals surface area contributed by atoms with Gasteiger partial charge in [-0.25, -0.2) is 0 Å². The number of hydrogen-bond acceptors (Lipinski definition) is 2. The van der Waals surface area contributed by atoms with Crippen molar-refractivity contribution >= 4 is 5.91 Å². The van der Waals surface area contributed by atoms with Crippen LogP contribution in [-0.4, -0.2) is 19.0 Å². The molecular weight excluding hydrogens is 176 g/mol. The minimum absolute atomic E-state index is 0.114. The molecule has 0 unspecified atom stereocenters. The Balaban J connectivity index is 2.24. The second-order valence-corrected chi connectivity index (χ2v) is 3.90. The number of rotatable bonds is 5. The zero-order valence-corrected chi connectivity index (χ0v) is 8.51. The Morgan fingerprint density at radius 3 is 2.71 bits per heavy atom. The molecule has 3 nitrogen and oxygen atoms in total. The first kappa shape index (κ1) is 11.1. The zero-order valence-electron chi connectivity index (χ0n) is 8.51. The first-order valence-corrected chi connectivity index (χ1v) is 5.17. The van der Waals surface area contributed by atoms with Crippen molar-refractivity contribution in [3.05, 3.63) is 0 Å². The fraction of sp³-hybridized carbons (Fsp3) is 0.727. The Bertz CT molecular complexity index is 233. The van der Waals surface area contributed by atoms with E-state index < -0.39 is 0 Å². The van der Waals surface area contributed by atoms with E-state index >= 15 is 0 Å². The van der Waals surface area contributed by atoms with Crippen molar-refractivity contribution in [2.45, 2.75) is 32.1 Å². The lowest BCUT2D eigenvalue weighted by Crippen LogP contribution is -2.50. The average molecular weight is 194 g/mol. The van der Waals surface area contributed by atoms with Crippen LogP contribution in [0.2, 0.25) is 0 Å². The topological polar surface area (TPSA) is 55.1 Å². The molecule has 3 heteroatoms. The molecule has 1 amide bonds. The molecule has 1 fully saturated rings. The Kier molecular flexibility index (Phi) is 3.97. The minimum Gasteiger partial charge on any atom is -0.356 e. The van der Waals surface area contributed by atoms with Gasteiger partial charge in [0.25, 0.3) is 0 Å². The molecule has 78 valence electrons. The number of carbonyl (C=O) groups is 1. The van der Waals surface area contributed by atoms with E-state index in [-0.39, 0.29) is 11.3 Å². The molecule has 0 saturated heterocycles. The summed E-state index contributed by atoms with van der Waals surface area (Å²) in [6, 6.07) is 0. The summed E-state index contributed by atoms with van der Waals surface area (Å²) in [7, 11) is 0. The summed E-state index contributed by atoms with van der Waals surface area (Å²) < 4.78 is 0. The van der Waals surface area contributed by atoms with Gasteiger partial charge < -0.3 is 11.1 Å². The fourth-order valence-electron chi connectivity index (χ4n) is 1.71. The highest BCUT2D eigenvalue weighted by Crippen LogP contribution is 2.39. The summed E-state index contributed by atoms with van der Waals surface area (Å²) in [5.41, 5.74) is 5.35. The first-order valence-electron chi connectivity index (χ1n) is 5.17. The summed E-state index contributed by atoms with van der Waals surface area (Å²) in [4.78, 5) is 11.7. The van der Waals surface area contributed by atoms with E-state index in [2.05, 4.69) is 11.2 Å². The van der Waals surface area contributed by atoms with Gasteiger partial charge in [-0.15, -0.1) is 12.3 Å². The Hall–Kier alpha value is -1.01. The number of hydrogen-bond donors (Lipinski definition) is 2. The van der Waals surface area contributed by atoms with Crippen molar-refractivity contribution in [1.29, 1.82) is 0 Å². The molecule has 14 heavy (non-hydrogen) atoms. The van der Waals surface area contributed by atoms with E-state index in [9.17, 15) is 4.79 Å². The Morgan fingerprint density at radius 2 is 2.29 bits per heavy atom. The van der Waals surface area contributed by atoms with Crippen LogP contribution in [0.5, 0.6) is 0 Å². The first-order chi connectivity index (χ1) is 6.75. The fourth-order valence-corrected chi connectivity index (χ4v) is 1.71. The highest BCUT2D eigenvalue weighted by molar-refractivity contribution is 5.83. The molecule has 0 aliphatic heterocycles. The number of carbonyl (C=O) groups excluding carboxylic acids is 1. The van der Waals surface area contributed by atoms with Crippen LogP contribution >= 0.6 is 0 Å². The SMILES string of the molecule is C#CCCCNC(=O)C1(CN)CCC1. The molecule has 0 aromatic rings. The lowest BCUT2D eigenvalue weighted by Gasteiger charge is -2.39. The summed E-state index contributed by atoms with van der Waals surface area (Å²) in [6.45, 7) is 1.14. The van der Waals surface area contributed by atoms with Crippen molar-refractivity contribution in [2.24, 2.45) is 11.1 Å². The van der Waals surface area contributed by atoms with Gasteiger partial charge in [0.1, 0.15) is 0 Å². The summed E-state index contributed by atoms with van der Waals surface area (Å²) in [5.74, 6) is 2.66. The van der Waals surface area contributed by atoms with E-state index in [1.807, 2.05) is 0 Å². The standard InChI is InChI=1S/C11H18N2O/c1-2-3-4-8-13-10(14)11(9-12)6-5-7-11/h1H,3-9,12H2,(H,13,14). The summed E-state index contributed by atoms with van der Waals surface area (Å²) in [6.07, 6.45) is 9.67. The van der Waals surface area contributed by atoms with E-state index in [0.717, 1.165) is 32.1 Å². The van der Waals surface area contributed by atoms with Crippen LogP contribution in [0.3, 0.4) is 0 Å². The second kappa shape index (κ2) is 5.02. The molecule has 3 N–H and O–H groups in total. The van der Waals surface area contributed by atoms with Crippen molar-refractivity contribution in [1.82, 2.24) is 5.32 Å². The predicted octanol–water partition coefficient (Wildman–Crippen LogP) is 0.645. The van der Waals surface area contributed by atoms with Crippen molar-refractivity contribution in [2.75, 3.05) is 13.1 Å². The van der Waals surface area contributed by atoms with Gasteiger partial charge in [-0.3, -0.25) is 4.79 Å². The van der Waals surface area contributed by atoms with Crippen LogP contribution in [0.15, 0.2) is 0 Å². The molecule has 1 rings (SSSR count). The van der Waals surface area contributed by atoms with Gasteiger partial charge in [-0.2, -0.15) is 0 Å². The van der Waals surface area contributed by atoms with Crippen molar-refractivity contribution < 1.29 is 4.79 Å². The Labute approximate surface area is 85.4 Å². The van der Waals surface area contributed by atoms with Gasteiger partial charge >= 0.3 is 0 Å². The number of nitrogens with one attached hydrogen (secondary N) is 1. The number of unbranched alkanes of at least 4 members (excludes halogenated alkanes) is 1. The van der Waals surface area contributed by atoms with Gasteiger partial charge in [0.05, 0.1) is 5.41 Å². The monoisotopic (exact) mass is 194 g/mol. The van der Waals surface area contributed by atoms with Crippen LogP contribution in [-0.2, 0) is 4.79 Å². The van der Waals surface area contributed by atoms with Gasteiger partial charge in [0.2, 0.25) is 5.91 Å². The van der Waals surface area contributed by atoms with E-state index in [1.54, 1.807) is 0 Å². The van der Waals surface area contributed by atoms with E-state index in [0.29, 0.717) is 13.1 Å². The molecule has 0 atom stereocenters. The largest absolute Gasteiger partial charge is 0.356 e. The maximum atomic E-state index is 11.7. The van der Waals surface area contributed by atoms with Gasteiger partial charge in [-0.1, -0.05) is 6.42 Å². The zero-order chi connectivity index (χ0) is 10.4.